The third-order valence-electron chi connectivity index (χ3n) is 6.33. The summed E-state index contributed by atoms with van der Waals surface area (Å²) in [5, 5.41) is 13.9. The number of ether oxygens (including phenoxy) is 1. The fourth-order valence-electron chi connectivity index (χ4n) is 4.57. The van der Waals surface area contributed by atoms with Crippen LogP contribution in [0.25, 0.3) is 26.3 Å². The Balaban J connectivity index is 1.26. The van der Waals surface area contributed by atoms with E-state index in [1.807, 2.05) is 48.5 Å². The molecule has 2 atom stereocenters. The quantitative estimate of drug-likeness (QED) is 0.446. The topological polar surface area (TPSA) is 79.6 Å². The van der Waals surface area contributed by atoms with Gasteiger partial charge >= 0.3 is 0 Å². The summed E-state index contributed by atoms with van der Waals surface area (Å²) in [6, 6.07) is 15.2. The summed E-state index contributed by atoms with van der Waals surface area (Å²) in [5.74, 6) is 0.767. The highest BCUT2D eigenvalue weighted by atomic mass is 35.5. The van der Waals surface area contributed by atoms with E-state index >= 15 is 0 Å². The van der Waals surface area contributed by atoms with Crippen molar-refractivity contribution in [3.05, 3.63) is 70.2 Å². The number of aromatic nitrogens is 2. The second kappa shape index (κ2) is 8.70. The highest BCUT2D eigenvalue weighted by molar-refractivity contribution is 7.22. The Labute approximate surface area is 205 Å². The van der Waals surface area contributed by atoms with Crippen LogP contribution >= 0.6 is 22.9 Å². The molecule has 2 N–H and O–H groups in total. The Bertz CT molecular complexity index is 1420. The van der Waals surface area contributed by atoms with Crippen LogP contribution in [0.15, 0.2) is 59.7 Å². The van der Waals surface area contributed by atoms with Gasteiger partial charge in [-0.2, -0.15) is 0 Å². The van der Waals surface area contributed by atoms with Gasteiger partial charge in [0.1, 0.15) is 22.9 Å². The number of aliphatic hydroxyl groups excluding tert-OH is 1. The van der Waals surface area contributed by atoms with E-state index in [4.69, 9.17) is 16.3 Å². The lowest BCUT2D eigenvalue weighted by Gasteiger charge is -2.30. The van der Waals surface area contributed by atoms with Crippen LogP contribution in [-0.4, -0.2) is 57.9 Å². The minimum absolute atomic E-state index is 0.0156. The van der Waals surface area contributed by atoms with Crippen molar-refractivity contribution >= 4 is 38.8 Å². The second-order valence-corrected chi connectivity index (χ2v) is 10.2. The number of β-amino-alcohol motifs (C(OH)–C–C–N with tert-alkyl or cyclic N) is 1. The zero-order valence-electron chi connectivity index (χ0n) is 18.3. The zero-order chi connectivity index (χ0) is 23.2. The van der Waals surface area contributed by atoms with Gasteiger partial charge < -0.3 is 15.2 Å². The summed E-state index contributed by atoms with van der Waals surface area (Å²) in [7, 11) is 0. The molecule has 4 heterocycles. The van der Waals surface area contributed by atoms with Gasteiger partial charge in [0.25, 0.3) is 5.56 Å². The number of halogens is 1. The van der Waals surface area contributed by atoms with E-state index in [2.05, 4.69) is 15.2 Å². The molecule has 7 nitrogen and oxygen atoms in total. The molecule has 0 saturated carbocycles. The largest absolute Gasteiger partial charge is 0.485 e. The lowest BCUT2D eigenvalue weighted by atomic mass is 10.2. The van der Waals surface area contributed by atoms with E-state index in [9.17, 15) is 9.90 Å². The van der Waals surface area contributed by atoms with Crippen molar-refractivity contribution in [3.63, 3.8) is 0 Å². The SMILES string of the molecule is O=c1c2sc(-c3ccc(Cl)cc3)cc2ncn1-c1ccc2c(c1)NCC(CN1CC[C@H](O)C1)O2. The maximum absolute atomic E-state index is 13.3. The van der Waals surface area contributed by atoms with E-state index in [1.54, 1.807) is 10.9 Å². The molecule has 0 bridgehead atoms. The molecule has 1 unspecified atom stereocenters. The third kappa shape index (κ3) is 4.07. The van der Waals surface area contributed by atoms with Crippen LogP contribution in [0.5, 0.6) is 5.75 Å². The van der Waals surface area contributed by atoms with Crippen LogP contribution in [0.2, 0.25) is 5.02 Å². The Morgan fingerprint density at radius 2 is 2.06 bits per heavy atom. The van der Waals surface area contributed by atoms with E-state index in [0.717, 1.165) is 47.1 Å². The summed E-state index contributed by atoms with van der Waals surface area (Å²) < 4.78 is 8.37. The van der Waals surface area contributed by atoms with Crippen molar-refractivity contribution in [2.75, 3.05) is 31.5 Å². The molecule has 4 aromatic rings. The van der Waals surface area contributed by atoms with E-state index in [0.29, 0.717) is 28.3 Å². The standard InChI is InChI=1S/C25H23ClN4O3S/c26-16-3-1-15(2-4-16)23-10-21-24(34-23)25(32)30(14-28-21)17-5-6-22-20(9-17)27-11-19(33-22)13-29-8-7-18(31)12-29/h1-6,9-10,14,18-19,27,31H,7-8,11-13H2/t18-,19?/m0/s1. The average Bonchev–Trinajstić information content (AvgIpc) is 3.46. The van der Waals surface area contributed by atoms with Gasteiger partial charge in [-0.25, -0.2) is 4.98 Å². The highest BCUT2D eigenvalue weighted by Crippen LogP contribution is 2.33. The van der Waals surface area contributed by atoms with Crippen molar-refractivity contribution in [1.29, 1.82) is 0 Å². The molecular formula is C25H23ClN4O3S. The molecule has 2 aliphatic heterocycles. The van der Waals surface area contributed by atoms with Crippen LogP contribution in [0.3, 0.4) is 0 Å². The molecule has 0 aliphatic carbocycles. The number of rotatable bonds is 4. The summed E-state index contributed by atoms with van der Waals surface area (Å²) in [6.45, 7) is 3.05. The lowest BCUT2D eigenvalue weighted by Crippen LogP contribution is -2.41. The molecule has 9 heteroatoms. The predicted octanol–water partition coefficient (Wildman–Crippen LogP) is 4.01. The molecule has 0 radical (unpaired) electrons. The first-order valence-electron chi connectivity index (χ1n) is 11.3. The molecular weight excluding hydrogens is 472 g/mol. The Morgan fingerprint density at radius 1 is 1.21 bits per heavy atom. The molecule has 2 aliphatic rings. The number of thiophene rings is 1. The van der Waals surface area contributed by atoms with Gasteiger partial charge in [0.2, 0.25) is 0 Å². The van der Waals surface area contributed by atoms with Crippen LogP contribution in [0.1, 0.15) is 6.42 Å². The molecule has 174 valence electrons. The molecule has 0 amide bonds. The molecule has 2 aromatic heterocycles. The van der Waals surface area contributed by atoms with Crippen LogP contribution < -0.4 is 15.6 Å². The number of likely N-dealkylation sites (tertiary alicyclic amines) is 1. The summed E-state index contributed by atoms with van der Waals surface area (Å²) in [5.41, 5.74) is 3.18. The summed E-state index contributed by atoms with van der Waals surface area (Å²) in [4.78, 5) is 21.1. The van der Waals surface area contributed by atoms with Crippen molar-refractivity contribution in [2.45, 2.75) is 18.6 Å². The highest BCUT2D eigenvalue weighted by Gasteiger charge is 2.26. The van der Waals surface area contributed by atoms with Gasteiger partial charge in [0.15, 0.2) is 0 Å². The smallest absolute Gasteiger partial charge is 0.275 e. The number of hydrogen-bond donors (Lipinski definition) is 2. The minimum Gasteiger partial charge on any atom is -0.485 e. The average molecular weight is 495 g/mol. The molecule has 34 heavy (non-hydrogen) atoms. The maximum atomic E-state index is 13.3. The fraction of sp³-hybridized carbons (Fsp3) is 0.280. The van der Waals surface area contributed by atoms with E-state index < -0.39 is 0 Å². The summed E-state index contributed by atoms with van der Waals surface area (Å²) >= 11 is 7.44. The fourth-order valence-corrected chi connectivity index (χ4v) is 5.75. The molecule has 2 aromatic carbocycles. The Kier molecular flexibility index (Phi) is 5.53. The van der Waals surface area contributed by atoms with E-state index in [1.165, 1.54) is 11.3 Å². The Morgan fingerprint density at radius 3 is 2.85 bits per heavy atom. The van der Waals surface area contributed by atoms with Gasteiger partial charge in [0.05, 0.1) is 29.5 Å². The van der Waals surface area contributed by atoms with Gasteiger partial charge in [0, 0.05) is 29.5 Å². The van der Waals surface area contributed by atoms with Gasteiger partial charge in [-0.05, 0) is 48.4 Å². The number of benzene rings is 2. The molecule has 6 rings (SSSR count). The van der Waals surface area contributed by atoms with Crippen LogP contribution in [0.4, 0.5) is 5.69 Å². The van der Waals surface area contributed by atoms with Crippen molar-refractivity contribution in [1.82, 2.24) is 14.5 Å². The molecule has 1 fully saturated rings. The van der Waals surface area contributed by atoms with Crippen molar-refractivity contribution in [3.8, 4) is 21.9 Å². The van der Waals surface area contributed by atoms with Crippen molar-refractivity contribution < 1.29 is 9.84 Å². The maximum Gasteiger partial charge on any atom is 0.275 e. The van der Waals surface area contributed by atoms with Gasteiger partial charge in [-0.1, -0.05) is 23.7 Å². The minimum atomic E-state index is -0.235. The number of fused-ring (bicyclic) bond motifs is 2. The lowest BCUT2D eigenvalue weighted by molar-refractivity contribution is 0.132. The normalized spacial score (nSPS) is 20.2. The first-order valence-corrected chi connectivity index (χ1v) is 12.5. The Hall–Kier alpha value is -2.91. The van der Waals surface area contributed by atoms with E-state index in [-0.39, 0.29) is 17.8 Å². The number of aliphatic hydroxyl groups is 1. The zero-order valence-corrected chi connectivity index (χ0v) is 19.9. The first-order chi connectivity index (χ1) is 16.5. The second-order valence-electron chi connectivity index (χ2n) is 8.75. The summed E-state index contributed by atoms with van der Waals surface area (Å²) in [6.07, 6.45) is 2.18. The monoisotopic (exact) mass is 494 g/mol. The predicted molar refractivity (Wildman–Crippen MR) is 136 cm³/mol. The van der Waals surface area contributed by atoms with Crippen molar-refractivity contribution in [2.24, 2.45) is 0 Å². The number of nitrogens with zero attached hydrogens (tertiary/aromatic N) is 3. The van der Waals surface area contributed by atoms with Gasteiger partial charge in [-0.15, -0.1) is 11.3 Å². The van der Waals surface area contributed by atoms with Crippen LogP contribution in [-0.2, 0) is 0 Å². The molecule has 1 saturated heterocycles. The third-order valence-corrected chi connectivity index (χ3v) is 7.74. The number of hydrogen-bond acceptors (Lipinski definition) is 7. The first kappa shape index (κ1) is 21.6. The molecule has 0 spiro atoms. The van der Waals surface area contributed by atoms with Gasteiger partial charge in [-0.3, -0.25) is 14.3 Å². The van der Waals surface area contributed by atoms with Crippen LogP contribution in [0, 0.1) is 0 Å². The number of anilines is 1. The number of nitrogens with one attached hydrogen (secondary N) is 1.